The van der Waals surface area contributed by atoms with Crippen molar-refractivity contribution >= 4 is 35.0 Å². The summed E-state index contributed by atoms with van der Waals surface area (Å²) in [5.41, 5.74) is -5.78. The van der Waals surface area contributed by atoms with Crippen LogP contribution < -0.4 is 0 Å². The molecule has 0 N–H and O–H groups in total. The number of halogens is 5. The third-order valence-corrected chi connectivity index (χ3v) is 4.10. The molecule has 0 aliphatic carbocycles. The molecular weight excluding hydrogens is 332 g/mol. The van der Waals surface area contributed by atoms with E-state index in [1.165, 1.54) is 18.2 Å². The molecule has 0 aliphatic rings. The Bertz CT molecular complexity index is 562. The lowest BCUT2D eigenvalue weighted by molar-refractivity contribution is -0.0330. The summed E-state index contributed by atoms with van der Waals surface area (Å²) < 4.78 is 36.7. The second-order valence-corrected chi connectivity index (χ2v) is 5.82. The van der Waals surface area contributed by atoms with Crippen LogP contribution in [0.2, 0.25) is 10.0 Å². The zero-order valence-corrected chi connectivity index (χ0v) is 12.2. The SMILES string of the molecule is N#CC(C#N)(CSC(F)(F)F)Cc1ccc(Cl)c(Cl)c1. The number of alkyl halides is 3. The van der Waals surface area contributed by atoms with E-state index in [2.05, 4.69) is 0 Å². The van der Waals surface area contributed by atoms with Crippen LogP contribution in [-0.4, -0.2) is 11.3 Å². The molecule has 0 atom stereocenters. The van der Waals surface area contributed by atoms with Crippen LogP contribution >= 0.6 is 35.0 Å². The first-order valence-corrected chi connectivity index (χ1v) is 6.93. The van der Waals surface area contributed by atoms with E-state index in [0.29, 0.717) is 10.6 Å². The van der Waals surface area contributed by atoms with E-state index < -0.39 is 16.7 Å². The molecule has 0 heterocycles. The highest BCUT2D eigenvalue weighted by molar-refractivity contribution is 8.00. The maximum absolute atomic E-state index is 12.2. The van der Waals surface area contributed by atoms with Gasteiger partial charge in [0, 0.05) is 12.2 Å². The van der Waals surface area contributed by atoms with Gasteiger partial charge in [-0.25, -0.2) is 0 Å². The highest BCUT2D eigenvalue weighted by Gasteiger charge is 2.38. The van der Waals surface area contributed by atoms with Gasteiger partial charge in [0.05, 0.1) is 22.2 Å². The van der Waals surface area contributed by atoms with Crippen LogP contribution in [0.25, 0.3) is 0 Å². The molecule has 0 fully saturated rings. The average molecular weight is 339 g/mol. The molecule has 1 aromatic rings. The van der Waals surface area contributed by atoms with Gasteiger partial charge in [-0.15, -0.1) is 0 Å². The summed E-state index contributed by atoms with van der Waals surface area (Å²) in [6.45, 7) is 0. The summed E-state index contributed by atoms with van der Waals surface area (Å²) in [6.07, 6.45) is -0.153. The Morgan fingerprint density at radius 1 is 1.10 bits per heavy atom. The Morgan fingerprint density at radius 2 is 1.70 bits per heavy atom. The molecule has 106 valence electrons. The van der Waals surface area contributed by atoms with Crippen molar-refractivity contribution in [2.75, 3.05) is 5.75 Å². The van der Waals surface area contributed by atoms with Gasteiger partial charge in [0.15, 0.2) is 5.41 Å². The molecule has 0 saturated heterocycles. The first kappa shape index (κ1) is 17.0. The largest absolute Gasteiger partial charge is 0.441 e. The Kier molecular flexibility index (Phi) is 5.59. The Balaban J connectivity index is 2.95. The highest BCUT2D eigenvalue weighted by atomic mass is 35.5. The fourth-order valence-corrected chi connectivity index (χ4v) is 2.38. The van der Waals surface area contributed by atoms with Crippen molar-refractivity contribution in [1.82, 2.24) is 0 Å². The van der Waals surface area contributed by atoms with Crippen molar-refractivity contribution in [2.45, 2.75) is 11.9 Å². The van der Waals surface area contributed by atoms with Gasteiger partial charge >= 0.3 is 5.51 Å². The Labute approximate surface area is 128 Å². The zero-order valence-electron chi connectivity index (χ0n) is 9.84. The van der Waals surface area contributed by atoms with Crippen molar-refractivity contribution < 1.29 is 13.2 Å². The summed E-state index contributed by atoms with van der Waals surface area (Å²) in [5.74, 6) is -0.663. The number of rotatable bonds is 4. The molecule has 1 aromatic carbocycles. The van der Waals surface area contributed by atoms with E-state index in [4.69, 9.17) is 33.7 Å². The van der Waals surface area contributed by atoms with Crippen LogP contribution in [0.15, 0.2) is 18.2 Å². The lowest BCUT2D eigenvalue weighted by Gasteiger charge is -2.19. The minimum absolute atomic E-state index is 0.153. The Morgan fingerprint density at radius 3 is 2.15 bits per heavy atom. The number of nitrogens with zero attached hydrogens (tertiary/aromatic N) is 2. The predicted molar refractivity (Wildman–Crippen MR) is 72.3 cm³/mol. The van der Waals surface area contributed by atoms with Gasteiger partial charge in [0.2, 0.25) is 0 Å². The molecule has 0 aromatic heterocycles. The van der Waals surface area contributed by atoms with Crippen LogP contribution in [0, 0.1) is 28.1 Å². The summed E-state index contributed by atoms with van der Waals surface area (Å²) in [6, 6.07) is 7.75. The van der Waals surface area contributed by atoms with E-state index in [-0.39, 0.29) is 23.2 Å². The summed E-state index contributed by atoms with van der Waals surface area (Å²) >= 11 is 11.1. The van der Waals surface area contributed by atoms with Crippen LogP contribution in [0.4, 0.5) is 13.2 Å². The molecule has 0 unspecified atom stereocenters. The topological polar surface area (TPSA) is 47.6 Å². The van der Waals surface area contributed by atoms with Crippen LogP contribution in [-0.2, 0) is 6.42 Å². The van der Waals surface area contributed by atoms with Crippen LogP contribution in [0.5, 0.6) is 0 Å². The quantitative estimate of drug-likeness (QED) is 0.790. The summed E-state index contributed by atoms with van der Waals surface area (Å²) in [7, 11) is 0. The lowest BCUT2D eigenvalue weighted by atomic mass is 9.86. The van der Waals surface area contributed by atoms with Gasteiger partial charge in [-0.3, -0.25) is 0 Å². The van der Waals surface area contributed by atoms with Gasteiger partial charge in [-0.05, 0) is 29.5 Å². The third-order valence-electron chi connectivity index (χ3n) is 2.40. The van der Waals surface area contributed by atoms with Gasteiger partial charge < -0.3 is 0 Å². The molecular formula is C12H7Cl2F3N2S. The van der Waals surface area contributed by atoms with E-state index in [1.54, 1.807) is 12.1 Å². The zero-order chi connectivity index (χ0) is 15.4. The van der Waals surface area contributed by atoms with Gasteiger partial charge in [0.25, 0.3) is 0 Å². The number of hydrogen-bond donors (Lipinski definition) is 0. The highest BCUT2D eigenvalue weighted by Crippen LogP contribution is 2.37. The molecule has 0 bridgehead atoms. The standard InChI is InChI=1S/C12H7Cl2F3N2S/c13-9-2-1-8(3-10(9)14)4-11(5-18,6-19)7-20-12(15,16)17/h1-3H,4,7H2. The molecule has 0 spiro atoms. The maximum Gasteiger partial charge on any atom is 0.441 e. The second-order valence-electron chi connectivity index (χ2n) is 3.97. The first-order valence-electron chi connectivity index (χ1n) is 5.18. The first-order chi connectivity index (χ1) is 9.21. The van der Waals surface area contributed by atoms with Crippen molar-refractivity contribution in [2.24, 2.45) is 5.41 Å². The average Bonchev–Trinajstić information content (AvgIpc) is 2.38. The molecule has 20 heavy (non-hydrogen) atoms. The molecule has 0 aliphatic heterocycles. The number of nitriles is 2. The molecule has 1 rings (SSSR count). The van der Waals surface area contributed by atoms with E-state index in [1.807, 2.05) is 0 Å². The van der Waals surface area contributed by atoms with E-state index >= 15 is 0 Å². The van der Waals surface area contributed by atoms with E-state index in [9.17, 15) is 13.2 Å². The van der Waals surface area contributed by atoms with Crippen molar-refractivity contribution in [3.05, 3.63) is 33.8 Å². The van der Waals surface area contributed by atoms with Crippen molar-refractivity contribution in [3.8, 4) is 12.1 Å². The minimum Gasteiger partial charge on any atom is -0.197 e. The second kappa shape index (κ2) is 6.58. The molecule has 2 nitrogen and oxygen atoms in total. The van der Waals surface area contributed by atoms with Crippen LogP contribution in [0.1, 0.15) is 5.56 Å². The summed E-state index contributed by atoms with van der Waals surface area (Å²) in [4.78, 5) is 0. The third kappa shape index (κ3) is 4.79. The number of thioether (sulfide) groups is 1. The predicted octanol–water partition coefficient (Wildman–Crippen LogP) is 4.82. The minimum atomic E-state index is -4.49. The fraction of sp³-hybridized carbons (Fsp3) is 0.333. The molecule has 0 saturated carbocycles. The van der Waals surface area contributed by atoms with Gasteiger partial charge in [0.1, 0.15) is 0 Å². The van der Waals surface area contributed by atoms with Crippen molar-refractivity contribution in [1.29, 1.82) is 10.5 Å². The summed E-state index contributed by atoms with van der Waals surface area (Å²) in [5, 5.41) is 18.6. The lowest BCUT2D eigenvalue weighted by Crippen LogP contribution is -2.24. The number of hydrogen-bond acceptors (Lipinski definition) is 3. The van der Waals surface area contributed by atoms with Gasteiger partial charge in [-0.1, -0.05) is 29.3 Å². The fourth-order valence-electron chi connectivity index (χ4n) is 1.42. The monoisotopic (exact) mass is 338 g/mol. The number of benzene rings is 1. The molecule has 0 amide bonds. The van der Waals surface area contributed by atoms with Crippen LogP contribution in [0.3, 0.4) is 0 Å². The molecule has 8 heteroatoms. The maximum atomic E-state index is 12.2. The van der Waals surface area contributed by atoms with Crippen molar-refractivity contribution in [3.63, 3.8) is 0 Å². The Hall–Kier alpha value is -1.08. The van der Waals surface area contributed by atoms with E-state index in [0.717, 1.165) is 0 Å². The molecule has 0 radical (unpaired) electrons. The van der Waals surface area contributed by atoms with Gasteiger partial charge in [-0.2, -0.15) is 23.7 Å². The smallest absolute Gasteiger partial charge is 0.197 e. The normalized spacial score (nSPS) is 11.8.